The van der Waals surface area contributed by atoms with Gasteiger partial charge in [-0.2, -0.15) is 5.10 Å². The second-order valence-corrected chi connectivity index (χ2v) is 8.83. The lowest BCUT2D eigenvalue weighted by atomic mass is 9.96. The fraction of sp³-hybridized carbons (Fsp3) is 0.348. The Hall–Kier alpha value is -3.62. The minimum Gasteiger partial charge on any atom is -0.492 e. The zero-order chi connectivity index (χ0) is 22.9. The smallest absolute Gasteiger partial charge is 0.271 e. The molecule has 1 aliphatic heterocycles. The van der Waals surface area contributed by atoms with Crippen molar-refractivity contribution in [2.45, 2.75) is 27.3 Å². The molecule has 32 heavy (non-hydrogen) atoms. The van der Waals surface area contributed by atoms with Gasteiger partial charge in [0.1, 0.15) is 11.4 Å². The number of pyridine rings is 1. The Morgan fingerprint density at radius 1 is 1.25 bits per heavy atom. The first-order chi connectivity index (χ1) is 15.3. The molecule has 8 nitrogen and oxygen atoms in total. The number of halogens is 1. The minimum absolute atomic E-state index is 0.0520. The van der Waals surface area contributed by atoms with Gasteiger partial charge in [-0.25, -0.2) is 4.39 Å². The summed E-state index contributed by atoms with van der Waals surface area (Å²) < 4.78 is 21.2. The van der Waals surface area contributed by atoms with Gasteiger partial charge in [0.05, 0.1) is 36.9 Å². The molecule has 1 amide bonds. The van der Waals surface area contributed by atoms with Gasteiger partial charge in [0.25, 0.3) is 5.91 Å². The lowest BCUT2D eigenvalue weighted by Gasteiger charge is -2.21. The Balaban J connectivity index is 1.85. The number of para-hydroxylation sites is 1. The molecule has 1 aromatic carbocycles. The number of carbonyl (C=O) groups is 1. The molecule has 0 atom stereocenters. The average molecular weight is 439 g/mol. The fourth-order valence-corrected chi connectivity index (χ4v) is 3.57. The van der Waals surface area contributed by atoms with E-state index in [1.54, 1.807) is 29.2 Å². The van der Waals surface area contributed by atoms with Crippen LogP contribution in [0.25, 0.3) is 11.3 Å². The van der Waals surface area contributed by atoms with E-state index in [1.165, 1.54) is 13.2 Å². The van der Waals surface area contributed by atoms with Crippen molar-refractivity contribution in [1.29, 1.82) is 0 Å². The van der Waals surface area contributed by atoms with E-state index in [1.807, 2.05) is 6.07 Å². The van der Waals surface area contributed by atoms with Crippen LogP contribution < -0.4 is 20.7 Å². The molecular weight excluding hydrogens is 411 g/mol. The van der Waals surface area contributed by atoms with E-state index in [9.17, 15) is 9.18 Å². The Labute approximate surface area is 186 Å². The number of nitrogens with one attached hydrogen (secondary N) is 3. The number of hydrogen-bond donors (Lipinski definition) is 3. The summed E-state index contributed by atoms with van der Waals surface area (Å²) in [7, 11) is 1.40. The van der Waals surface area contributed by atoms with Crippen LogP contribution in [0.1, 0.15) is 31.3 Å². The van der Waals surface area contributed by atoms with Crippen LogP contribution in [0.5, 0.6) is 5.75 Å². The van der Waals surface area contributed by atoms with Crippen molar-refractivity contribution in [2.24, 2.45) is 5.41 Å². The highest BCUT2D eigenvalue weighted by Gasteiger charge is 2.29. The molecule has 0 fully saturated rings. The predicted molar refractivity (Wildman–Crippen MR) is 122 cm³/mol. The van der Waals surface area contributed by atoms with Gasteiger partial charge in [-0.3, -0.25) is 14.5 Å². The largest absolute Gasteiger partial charge is 0.492 e. The van der Waals surface area contributed by atoms with Crippen molar-refractivity contribution in [3.8, 4) is 17.0 Å². The number of fused-ring (bicyclic) bond motifs is 1. The van der Waals surface area contributed by atoms with Crippen LogP contribution in [0.2, 0.25) is 0 Å². The summed E-state index contributed by atoms with van der Waals surface area (Å²) in [5, 5.41) is 14.3. The summed E-state index contributed by atoms with van der Waals surface area (Å²) >= 11 is 0. The number of aromatic nitrogens is 3. The topological polar surface area (TPSA) is 93.1 Å². The number of rotatable bonds is 6. The normalized spacial score (nSPS) is 13.3. The van der Waals surface area contributed by atoms with Gasteiger partial charge in [0.15, 0.2) is 11.6 Å². The molecule has 0 spiro atoms. The molecule has 3 N–H and O–H groups in total. The maximum atomic E-state index is 14.3. The number of benzene rings is 1. The van der Waals surface area contributed by atoms with E-state index < -0.39 is 5.82 Å². The van der Waals surface area contributed by atoms with Crippen LogP contribution in [0, 0.1) is 11.2 Å². The second kappa shape index (κ2) is 8.49. The third-order valence-electron chi connectivity index (χ3n) is 5.09. The van der Waals surface area contributed by atoms with E-state index in [0.29, 0.717) is 35.9 Å². The molecule has 168 valence electrons. The molecule has 3 aromatic rings. The number of hydrogen-bond acceptors (Lipinski definition) is 6. The molecule has 2 aromatic heterocycles. The van der Waals surface area contributed by atoms with Crippen molar-refractivity contribution >= 4 is 23.0 Å². The van der Waals surface area contributed by atoms with E-state index in [4.69, 9.17) is 9.84 Å². The van der Waals surface area contributed by atoms with Crippen molar-refractivity contribution in [3.05, 3.63) is 48.2 Å². The van der Waals surface area contributed by atoms with E-state index in [0.717, 1.165) is 17.8 Å². The second-order valence-electron chi connectivity index (χ2n) is 8.83. The number of carbonyl (C=O) groups excluding carboxylic acids is 1. The summed E-state index contributed by atoms with van der Waals surface area (Å²) in [6.07, 6.45) is 3.43. The van der Waals surface area contributed by atoms with Crippen molar-refractivity contribution in [3.63, 3.8) is 0 Å². The standard InChI is InChI=1S/C23H27FN6O2/c1-23(2,3)13-27-17-12-25-9-8-14(17)18-19(20-22(31)26-10-11-30(20)29-18)28-16-7-5-6-15(24)21(16)32-4/h5-9,12,27-28H,10-11,13H2,1-4H3,(H,26,31). The zero-order valence-electron chi connectivity index (χ0n) is 18.6. The monoisotopic (exact) mass is 438 g/mol. The number of methoxy groups -OCH3 is 1. The van der Waals surface area contributed by atoms with Crippen LogP contribution in [-0.4, -0.2) is 40.9 Å². The number of anilines is 3. The lowest BCUT2D eigenvalue weighted by molar-refractivity contribution is 0.0925. The van der Waals surface area contributed by atoms with Gasteiger partial charge in [0, 0.05) is 24.8 Å². The highest BCUT2D eigenvalue weighted by molar-refractivity contribution is 6.03. The van der Waals surface area contributed by atoms with Crippen molar-refractivity contribution in [2.75, 3.05) is 30.8 Å². The third kappa shape index (κ3) is 4.23. The summed E-state index contributed by atoms with van der Waals surface area (Å²) in [5.74, 6) is -0.678. The summed E-state index contributed by atoms with van der Waals surface area (Å²) in [6, 6.07) is 6.45. The molecule has 0 saturated carbocycles. The Morgan fingerprint density at radius 2 is 2.06 bits per heavy atom. The minimum atomic E-state index is -0.499. The van der Waals surface area contributed by atoms with Crippen molar-refractivity contribution in [1.82, 2.24) is 20.1 Å². The molecule has 0 radical (unpaired) electrons. The molecule has 1 aliphatic rings. The fourth-order valence-electron chi connectivity index (χ4n) is 3.57. The van der Waals surface area contributed by atoms with Crippen LogP contribution >= 0.6 is 0 Å². The van der Waals surface area contributed by atoms with E-state index in [2.05, 4.69) is 41.7 Å². The van der Waals surface area contributed by atoms with Crippen molar-refractivity contribution < 1.29 is 13.9 Å². The predicted octanol–water partition coefficient (Wildman–Crippen LogP) is 4.04. The van der Waals surface area contributed by atoms with Gasteiger partial charge < -0.3 is 20.7 Å². The van der Waals surface area contributed by atoms with Crippen LogP contribution in [-0.2, 0) is 6.54 Å². The van der Waals surface area contributed by atoms with Crippen LogP contribution in [0.4, 0.5) is 21.5 Å². The molecule has 0 unspecified atom stereocenters. The summed E-state index contributed by atoms with van der Waals surface area (Å²) in [4.78, 5) is 17.0. The molecule has 9 heteroatoms. The summed E-state index contributed by atoms with van der Waals surface area (Å²) in [5.41, 5.74) is 3.48. The Morgan fingerprint density at radius 3 is 2.81 bits per heavy atom. The van der Waals surface area contributed by atoms with E-state index >= 15 is 0 Å². The first kappa shape index (κ1) is 21.6. The molecule has 0 aliphatic carbocycles. The molecular formula is C23H27FN6O2. The first-order valence-corrected chi connectivity index (χ1v) is 10.5. The molecule has 0 bridgehead atoms. The lowest BCUT2D eigenvalue weighted by Crippen LogP contribution is -2.35. The Kier molecular flexibility index (Phi) is 5.73. The van der Waals surface area contributed by atoms with E-state index in [-0.39, 0.29) is 17.1 Å². The highest BCUT2D eigenvalue weighted by atomic mass is 19.1. The number of nitrogens with zero attached hydrogens (tertiary/aromatic N) is 3. The Bertz CT molecular complexity index is 1150. The maximum Gasteiger partial charge on any atom is 0.271 e. The van der Waals surface area contributed by atoms with Gasteiger partial charge in [-0.05, 0) is 23.6 Å². The third-order valence-corrected chi connectivity index (χ3v) is 5.09. The SMILES string of the molecule is COc1c(F)cccc1Nc1c(-c2ccncc2NCC(C)(C)C)nn2c1C(=O)NCC2. The number of amides is 1. The van der Waals surface area contributed by atoms with Gasteiger partial charge >= 0.3 is 0 Å². The first-order valence-electron chi connectivity index (χ1n) is 10.5. The van der Waals surface area contributed by atoms with Gasteiger partial charge in [-0.1, -0.05) is 26.8 Å². The quantitative estimate of drug-likeness (QED) is 0.538. The molecule has 4 rings (SSSR count). The highest BCUT2D eigenvalue weighted by Crippen LogP contribution is 2.39. The van der Waals surface area contributed by atoms with Crippen LogP contribution in [0.3, 0.4) is 0 Å². The zero-order valence-corrected chi connectivity index (χ0v) is 18.6. The number of ether oxygens (including phenoxy) is 1. The average Bonchev–Trinajstić information content (AvgIpc) is 3.11. The maximum absolute atomic E-state index is 14.3. The van der Waals surface area contributed by atoms with Crippen LogP contribution in [0.15, 0.2) is 36.7 Å². The van der Waals surface area contributed by atoms with Gasteiger partial charge in [0.2, 0.25) is 0 Å². The van der Waals surface area contributed by atoms with Gasteiger partial charge in [-0.15, -0.1) is 0 Å². The molecule has 3 heterocycles. The molecule has 0 saturated heterocycles. The summed E-state index contributed by atoms with van der Waals surface area (Å²) in [6.45, 7) is 8.16.